The van der Waals surface area contributed by atoms with Gasteiger partial charge in [-0.2, -0.15) is 5.10 Å². The Labute approximate surface area is 196 Å². The van der Waals surface area contributed by atoms with Crippen molar-refractivity contribution in [2.24, 2.45) is 5.10 Å². The molecule has 0 radical (unpaired) electrons. The summed E-state index contributed by atoms with van der Waals surface area (Å²) in [5.41, 5.74) is 6.29. The highest BCUT2D eigenvalue weighted by molar-refractivity contribution is 6.37. The average molecular weight is 469 g/mol. The van der Waals surface area contributed by atoms with E-state index in [0.29, 0.717) is 27.5 Å². The fourth-order valence-electron chi connectivity index (χ4n) is 2.87. The summed E-state index contributed by atoms with van der Waals surface area (Å²) >= 11 is 12.0. The smallest absolute Gasteiger partial charge is 0.271 e. The highest BCUT2D eigenvalue weighted by Crippen LogP contribution is 2.22. The summed E-state index contributed by atoms with van der Waals surface area (Å²) in [6.07, 6.45) is 0. The van der Waals surface area contributed by atoms with Gasteiger partial charge in [0.1, 0.15) is 0 Å². The number of hydrogen-bond donors (Lipinski definition) is 2. The van der Waals surface area contributed by atoms with Crippen molar-refractivity contribution in [3.8, 4) is 0 Å². The zero-order valence-electron chi connectivity index (χ0n) is 17.8. The molecule has 164 valence electrons. The monoisotopic (exact) mass is 468 g/mol. The number of halogens is 2. The molecule has 0 aromatic heterocycles. The molecular weight excluding hydrogens is 447 g/mol. The van der Waals surface area contributed by atoms with Gasteiger partial charge in [0.25, 0.3) is 11.8 Å². The molecule has 0 bridgehead atoms. The summed E-state index contributed by atoms with van der Waals surface area (Å²) in [5.74, 6) is -0.663. The van der Waals surface area contributed by atoms with Crippen LogP contribution < -0.4 is 15.6 Å². The third kappa shape index (κ3) is 5.87. The van der Waals surface area contributed by atoms with Crippen LogP contribution in [0.4, 0.5) is 11.4 Å². The first-order chi connectivity index (χ1) is 15.2. The number of benzene rings is 3. The van der Waals surface area contributed by atoms with E-state index in [1.165, 1.54) is 6.07 Å². The maximum Gasteiger partial charge on any atom is 0.271 e. The van der Waals surface area contributed by atoms with Gasteiger partial charge >= 0.3 is 0 Å². The van der Waals surface area contributed by atoms with Gasteiger partial charge in [-0.1, -0.05) is 35.3 Å². The summed E-state index contributed by atoms with van der Waals surface area (Å²) in [6, 6.07) is 19.0. The Morgan fingerprint density at radius 2 is 1.59 bits per heavy atom. The van der Waals surface area contributed by atoms with Crippen LogP contribution in [0.2, 0.25) is 10.0 Å². The normalized spacial score (nSPS) is 11.1. The Hall–Kier alpha value is -3.35. The maximum atomic E-state index is 12.5. The van der Waals surface area contributed by atoms with Crippen molar-refractivity contribution in [2.75, 3.05) is 24.3 Å². The molecule has 6 nitrogen and oxygen atoms in total. The number of nitrogens with zero attached hydrogens (tertiary/aromatic N) is 2. The van der Waals surface area contributed by atoms with E-state index in [-0.39, 0.29) is 16.8 Å². The molecule has 0 unspecified atom stereocenters. The molecular formula is C24H22Cl2N4O2. The van der Waals surface area contributed by atoms with Gasteiger partial charge in [0, 0.05) is 36.1 Å². The van der Waals surface area contributed by atoms with E-state index in [2.05, 4.69) is 15.8 Å². The van der Waals surface area contributed by atoms with Crippen molar-refractivity contribution >= 4 is 52.1 Å². The number of amides is 2. The molecule has 0 spiro atoms. The lowest BCUT2D eigenvalue weighted by molar-refractivity contribution is 0.0954. The molecule has 3 aromatic rings. The topological polar surface area (TPSA) is 73.8 Å². The van der Waals surface area contributed by atoms with E-state index < -0.39 is 0 Å². The summed E-state index contributed by atoms with van der Waals surface area (Å²) in [4.78, 5) is 26.9. The lowest BCUT2D eigenvalue weighted by Crippen LogP contribution is -2.19. The van der Waals surface area contributed by atoms with E-state index in [1.54, 1.807) is 49.4 Å². The number of carbonyl (C=O) groups excluding carboxylic acids is 2. The predicted molar refractivity (Wildman–Crippen MR) is 131 cm³/mol. The maximum absolute atomic E-state index is 12.5. The van der Waals surface area contributed by atoms with Crippen LogP contribution in [0.1, 0.15) is 33.2 Å². The molecule has 0 saturated heterocycles. The van der Waals surface area contributed by atoms with Gasteiger partial charge in [-0.3, -0.25) is 9.59 Å². The Bertz CT molecular complexity index is 1170. The predicted octanol–water partition coefficient (Wildman–Crippen LogP) is 5.47. The van der Waals surface area contributed by atoms with E-state index >= 15 is 0 Å². The van der Waals surface area contributed by atoms with Crippen molar-refractivity contribution < 1.29 is 9.59 Å². The number of carbonyl (C=O) groups is 2. The van der Waals surface area contributed by atoms with Crippen LogP contribution in [0.3, 0.4) is 0 Å². The first-order valence-electron chi connectivity index (χ1n) is 9.73. The Morgan fingerprint density at radius 1 is 0.875 bits per heavy atom. The first-order valence-corrected chi connectivity index (χ1v) is 10.5. The van der Waals surface area contributed by atoms with Crippen molar-refractivity contribution in [3.05, 3.63) is 93.5 Å². The van der Waals surface area contributed by atoms with Crippen LogP contribution in [-0.2, 0) is 0 Å². The number of hydrogen-bond acceptors (Lipinski definition) is 4. The van der Waals surface area contributed by atoms with E-state index in [4.69, 9.17) is 23.2 Å². The SMILES string of the molecule is C/C(=N\NC(=O)c1ccc(N(C)C)cc1)c1cccc(NC(=O)c2ccc(Cl)cc2Cl)c1. The van der Waals surface area contributed by atoms with Crippen LogP contribution in [0.15, 0.2) is 71.8 Å². The summed E-state index contributed by atoms with van der Waals surface area (Å²) in [6.45, 7) is 1.77. The standard InChI is InChI=1S/C24H22Cl2N4O2/c1-15(28-29-23(31)16-7-10-20(11-8-16)30(2)3)17-5-4-6-19(13-17)27-24(32)21-12-9-18(25)14-22(21)26/h4-14H,1-3H3,(H,27,32)(H,29,31)/b28-15+. The molecule has 2 N–H and O–H groups in total. The van der Waals surface area contributed by atoms with Crippen molar-refractivity contribution in [1.29, 1.82) is 0 Å². The van der Waals surface area contributed by atoms with E-state index in [1.807, 2.05) is 37.2 Å². The molecule has 32 heavy (non-hydrogen) atoms. The molecule has 8 heteroatoms. The number of anilines is 2. The van der Waals surface area contributed by atoms with Crippen LogP contribution in [0.5, 0.6) is 0 Å². The third-order valence-corrected chi connectivity index (χ3v) is 5.23. The second-order valence-electron chi connectivity index (χ2n) is 7.24. The fraction of sp³-hybridized carbons (Fsp3) is 0.125. The van der Waals surface area contributed by atoms with Crippen LogP contribution >= 0.6 is 23.2 Å². The molecule has 0 aliphatic rings. The van der Waals surface area contributed by atoms with Crippen molar-refractivity contribution in [3.63, 3.8) is 0 Å². The van der Waals surface area contributed by atoms with Crippen LogP contribution in [0.25, 0.3) is 0 Å². The second kappa shape index (κ2) is 10.3. The van der Waals surface area contributed by atoms with E-state index in [9.17, 15) is 9.59 Å². The molecule has 2 amide bonds. The second-order valence-corrected chi connectivity index (χ2v) is 8.08. The van der Waals surface area contributed by atoms with Crippen molar-refractivity contribution in [2.45, 2.75) is 6.92 Å². The largest absolute Gasteiger partial charge is 0.378 e. The van der Waals surface area contributed by atoms with Crippen LogP contribution in [0, 0.1) is 0 Å². The lowest BCUT2D eigenvalue weighted by atomic mass is 10.1. The minimum Gasteiger partial charge on any atom is -0.378 e. The molecule has 0 fully saturated rings. The van der Waals surface area contributed by atoms with Gasteiger partial charge < -0.3 is 10.2 Å². The lowest BCUT2D eigenvalue weighted by Gasteiger charge is -2.12. The Balaban J connectivity index is 1.68. The van der Waals surface area contributed by atoms with Gasteiger partial charge in [0.15, 0.2) is 0 Å². The third-order valence-electron chi connectivity index (χ3n) is 4.69. The molecule has 3 rings (SSSR count). The number of nitrogens with one attached hydrogen (secondary N) is 2. The van der Waals surface area contributed by atoms with E-state index in [0.717, 1.165) is 11.3 Å². The van der Waals surface area contributed by atoms with Gasteiger partial charge in [-0.25, -0.2) is 5.43 Å². The highest BCUT2D eigenvalue weighted by Gasteiger charge is 2.12. The molecule has 3 aromatic carbocycles. The zero-order chi connectivity index (χ0) is 23.3. The van der Waals surface area contributed by atoms with Gasteiger partial charge in [0.2, 0.25) is 0 Å². The van der Waals surface area contributed by atoms with Gasteiger partial charge in [-0.05, 0) is 67.1 Å². The first kappa shape index (κ1) is 23.3. The highest BCUT2D eigenvalue weighted by atomic mass is 35.5. The minimum absolute atomic E-state index is 0.269. The average Bonchev–Trinajstić information content (AvgIpc) is 2.77. The van der Waals surface area contributed by atoms with Crippen LogP contribution in [-0.4, -0.2) is 31.6 Å². The Morgan fingerprint density at radius 3 is 2.25 bits per heavy atom. The Kier molecular flexibility index (Phi) is 7.51. The molecule has 0 atom stereocenters. The fourth-order valence-corrected chi connectivity index (χ4v) is 3.36. The number of hydrazone groups is 1. The van der Waals surface area contributed by atoms with Crippen molar-refractivity contribution in [1.82, 2.24) is 5.43 Å². The zero-order valence-corrected chi connectivity index (χ0v) is 19.3. The number of rotatable bonds is 6. The molecule has 0 saturated carbocycles. The molecule has 0 aliphatic carbocycles. The van der Waals surface area contributed by atoms with Gasteiger partial charge in [-0.15, -0.1) is 0 Å². The quantitative estimate of drug-likeness (QED) is 0.372. The summed E-state index contributed by atoms with van der Waals surface area (Å²) in [7, 11) is 3.87. The summed E-state index contributed by atoms with van der Waals surface area (Å²) in [5, 5.41) is 7.72. The molecule has 0 aliphatic heterocycles. The minimum atomic E-state index is -0.354. The summed E-state index contributed by atoms with van der Waals surface area (Å²) < 4.78 is 0. The van der Waals surface area contributed by atoms with Gasteiger partial charge in [0.05, 0.1) is 16.3 Å². The molecule has 0 heterocycles.